The average Bonchev–Trinajstić information content (AvgIpc) is 2.36. The maximum atomic E-state index is 12.0. The van der Waals surface area contributed by atoms with Gasteiger partial charge in [0.2, 0.25) is 0 Å². The number of nitrogens with zero attached hydrogens (tertiary/aromatic N) is 2. The normalized spacial score (nSPS) is 12.9. The molecule has 0 radical (unpaired) electrons. The van der Waals surface area contributed by atoms with Crippen molar-refractivity contribution >= 4 is 17.7 Å². The predicted octanol–water partition coefficient (Wildman–Crippen LogP) is 2.00. The number of hydrogen-bond acceptors (Lipinski definition) is 5. The largest absolute Gasteiger partial charge is 0.444 e. The molecule has 118 valence electrons. The summed E-state index contributed by atoms with van der Waals surface area (Å²) in [5, 5.41) is 19.4. The summed E-state index contributed by atoms with van der Waals surface area (Å²) in [5.74, 6) is 0. The zero-order valence-electron chi connectivity index (χ0n) is 12.4. The van der Waals surface area contributed by atoms with Crippen LogP contribution in [0.1, 0.15) is 32.6 Å². The molecule has 1 rings (SSSR count). The number of hydrogen-bond donors (Lipinski definition) is 2. The van der Waals surface area contributed by atoms with Crippen molar-refractivity contribution in [1.29, 1.82) is 0 Å². The van der Waals surface area contributed by atoms with Crippen LogP contribution in [0.3, 0.4) is 0 Å². The monoisotopic (exact) mass is 316 g/mol. The number of pyridine rings is 1. The molecule has 1 atom stereocenters. The molecule has 2 N–H and O–H groups in total. The molecule has 0 saturated carbocycles. The van der Waals surface area contributed by atoms with Crippen LogP contribution in [0.2, 0.25) is 5.15 Å². The Morgan fingerprint density at radius 3 is 2.67 bits per heavy atom. The molecule has 0 aliphatic carbocycles. The van der Waals surface area contributed by atoms with E-state index in [2.05, 4.69) is 4.98 Å². The zero-order chi connectivity index (χ0) is 16.0. The first-order valence-corrected chi connectivity index (χ1v) is 7.00. The van der Waals surface area contributed by atoms with Gasteiger partial charge in [-0.15, -0.1) is 0 Å². The Kier molecular flexibility index (Phi) is 6.39. The quantitative estimate of drug-likeness (QED) is 0.812. The van der Waals surface area contributed by atoms with Crippen LogP contribution in [0.4, 0.5) is 4.79 Å². The van der Waals surface area contributed by atoms with Crippen molar-refractivity contribution in [1.82, 2.24) is 9.88 Å². The van der Waals surface area contributed by atoms with Crippen LogP contribution in [0.5, 0.6) is 0 Å². The molecule has 7 heteroatoms. The summed E-state index contributed by atoms with van der Waals surface area (Å²) in [6, 6.07) is 4.87. The second kappa shape index (κ2) is 7.59. The van der Waals surface area contributed by atoms with Crippen molar-refractivity contribution < 1.29 is 19.7 Å². The third-order valence-electron chi connectivity index (χ3n) is 2.49. The smallest absolute Gasteiger partial charge is 0.410 e. The van der Waals surface area contributed by atoms with E-state index < -0.39 is 17.8 Å². The van der Waals surface area contributed by atoms with Gasteiger partial charge in [-0.1, -0.05) is 17.7 Å². The molecule has 0 aliphatic heterocycles. The van der Waals surface area contributed by atoms with Crippen molar-refractivity contribution in [3.05, 3.63) is 29.0 Å². The molecule has 1 aromatic rings. The molecule has 1 amide bonds. The maximum Gasteiger partial charge on any atom is 0.410 e. The number of aliphatic hydroxyl groups excluding tert-OH is 2. The summed E-state index contributed by atoms with van der Waals surface area (Å²) in [7, 11) is 0. The molecule has 1 aromatic heterocycles. The maximum absolute atomic E-state index is 12.0. The summed E-state index contributed by atoms with van der Waals surface area (Å²) in [6.45, 7) is 5.04. The lowest BCUT2D eigenvalue weighted by Crippen LogP contribution is -2.40. The molecule has 6 nitrogen and oxygen atoms in total. The van der Waals surface area contributed by atoms with Crippen LogP contribution in [0, 0.1) is 0 Å². The number of carbonyl (C=O) groups excluding carboxylic acids is 1. The highest BCUT2D eigenvalue weighted by molar-refractivity contribution is 6.29. The fraction of sp³-hybridized carbons (Fsp3) is 0.571. The van der Waals surface area contributed by atoms with E-state index in [0.29, 0.717) is 5.69 Å². The molecular weight excluding hydrogens is 296 g/mol. The van der Waals surface area contributed by atoms with E-state index in [1.807, 2.05) is 0 Å². The molecule has 0 saturated heterocycles. The first-order chi connectivity index (χ1) is 9.73. The summed E-state index contributed by atoms with van der Waals surface area (Å²) in [4.78, 5) is 17.2. The lowest BCUT2D eigenvalue weighted by Gasteiger charge is -2.28. The van der Waals surface area contributed by atoms with Gasteiger partial charge in [0.15, 0.2) is 0 Å². The van der Waals surface area contributed by atoms with Gasteiger partial charge in [-0.05, 0) is 32.9 Å². The standard InChI is InChI=1S/C14H21ClN2O4/c1-14(2,3)21-13(20)17(7-8-18)9-11(19)10-5-4-6-12(15)16-10/h4-6,11,18-19H,7-9H2,1-3H3. The fourth-order valence-corrected chi connectivity index (χ4v) is 1.79. The van der Waals surface area contributed by atoms with Crippen LogP contribution in [-0.2, 0) is 4.74 Å². The molecule has 1 unspecified atom stereocenters. The predicted molar refractivity (Wildman–Crippen MR) is 79.1 cm³/mol. The van der Waals surface area contributed by atoms with Gasteiger partial charge >= 0.3 is 6.09 Å². The number of ether oxygens (including phenoxy) is 1. The van der Waals surface area contributed by atoms with Crippen LogP contribution in [0.25, 0.3) is 0 Å². The van der Waals surface area contributed by atoms with Gasteiger partial charge in [0, 0.05) is 6.54 Å². The van der Waals surface area contributed by atoms with Crippen LogP contribution < -0.4 is 0 Å². The lowest BCUT2D eigenvalue weighted by atomic mass is 10.2. The first kappa shape index (κ1) is 17.7. The second-order valence-corrected chi connectivity index (χ2v) is 5.94. The molecule has 0 spiro atoms. The molecule has 1 heterocycles. The van der Waals surface area contributed by atoms with Gasteiger partial charge in [0.1, 0.15) is 16.9 Å². The van der Waals surface area contributed by atoms with E-state index in [1.54, 1.807) is 39.0 Å². The number of amides is 1. The van der Waals surface area contributed by atoms with E-state index in [9.17, 15) is 9.90 Å². The summed E-state index contributed by atoms with van der Waals surface area (Å²) in [5.41, 5.74) is -0.293. The number of rotatable bonds is 5. The Labute approximate surface area is 129 Å². The topological polar surface area (TPSA) is 82.9 Å². The highest BCUT2D eigenvalue weighted by atomic mass is 35.5. The van der Waals surface area contributed by atoms with Crippen molar-refractivity contribution in [2.24, 2.45) is 0 Å². The summed E-state index contributed by atoms with van der Waals surface area (Å²) < 4.78 is 5.23. The molecule has 0 aliphatic rings. The Morgan fingerprint density at radius 2 is 2.14 bits per heavy atom. The number of aliphatic hydroxyl groups is 2. The van der Waals surface area contributed by atoms with Crippen LogP contribution >= 0.6 is 11.6 Å². The highest BCUT2D eigenvalue weighted by Crippen LogP contribution is 2.16. The Balaban J connectivity index is 2.75. The van der Waals surface area contributed by atoms with Gasteiger partial charge in [-0.25, -0.2) is 9.78 Å². The van der Waals surface area contributed by atoms with Crippen molar-refractivity contribution in [3.8, 4) is 0 Å². The van der Waals surface area contributed by atoms with Gasteiger partial charge in [-0.2, -0.15) is 0 Å². The van der Waals surface area contributed by atoms with E-state index in [1.165, 1.54) is 4.90 Å². The number of carbonyl (C=O) groups is 1. The SMILES string of the molecule is CC(C)(C)OC(=O)N(CCO)CC(O)c1cccc(Cl)n1. The molecule has 21 heavy (non-hydrogen) atoms. The fourth-order valence-electron chi connectivity index (χ4n) is 1.62. The minimum atomic E-state index is -1.01. The second-order valence-electron chi connectivity index (χ2n) is 5.55. The van der Waals surface area contributed by atoms with Gasteiger partial charge < -0.3 is 19.8 Å². The van der Waals surface area contributed by atoms with Gasteiger partial charge in [0.05, 0.1) is 18.8 Å². The van der Waals surface area contributed by atoms with Crippen molar-refractivity contribution in [3.63, 3.8) is 0 Å². The van der Waals surface area contributed by atoms with E-state index in [4.69, 9.17) is 21.4 Å². The van der Waals surface area contributed by atoms with Crippen molar-refractivity contribution in [2.75, 3.05) is 19.7 Å². The first-order valence-electron chi connectivity index (χ1n) is 6.62. The number of halogens is 1. The van der Waals surface area contributed by atoms with Gasteiger partial charge in [-0.3, -0.25) is 0 Å². The van der Waals surface area contributed by atoms with Gasteiger partial charge in [0.25, 0.3) is 0 Å². The third kappa shape index (κ3) is 6.29. The molecular formula is C14H21ClN2O4. The molecule has 0 aromatic carbocycles. The Hall–Kier alpha value is -1.37. The third-order valence-corrected chi connectivity index (χ3v) is 2.70. The Morgan fingerprint density at radius 1 is 1.48 bits per heavy atom. The highest BCUT2D eigenvalue weighted by Gasteiger charge is 2.24. The average molecular weight is 317 g/mol. The van der Waals surface area contributed by atoms with Crippen LogP contribution in [-0.4, -0.2) is 51.5 Å². The van der Waals surface area contributed by atoms with Crippen molar-refractivity contribution in [2.45, 2.75) is 32.5 Å². The minimum absolute atomic E-state index is 0.0389. The van der Waals surface area contributed by atoms with Crippen LogP contribution in [0.15, 0.2) is 18.2 Å². The van der Waals surface area contributed by atoms with E-state index >= 15 is 0 Å². The molecule has 0 bridgehead atoms. The summed E-state index contributed by atoms with van der Waals surface area (Å²) >= 11 is 5.77. The van der Waals surface area contributed by atoms with E-state index in [-0.39, 0.29) is 24.8 Å². The zero-order valence-corrected chi connectivity index (χ0v) is 13.2. The minimum Gasteiger partial charge on any atom is -0.444 e. The Bertz CT molecular complexity index is 476. The number of aromatic nitrogens is 1. The van der Waals surface area contributed by atoms with E-state index in [0.717, 1.165) is 0 Å². The summed E-state index contributed by atoms with van der Waals surface area (Å²) in [6.07, 6.45) is -1.61. The lowest BCUT2D eigenvalue weighted by molar-refractivity contribution is 0.0105. The molecule has 0 fully saturated rings.